The molecule has 1 aromatic heterocycles. The third kappa shape index (κ3) is 3.80. The van der Waals surface area contributed by atoms with Crippen LogP contribution in [-0.4, -0.2) is 28.4 Å². The molecule has 1 amide bonds. The maximum atomic E-state index is 12.7. The van der Waals surface area contributed by atoms with Crippen molar-refractivity contribution in [2.45, 2.75) is 38.6 Å². The highest BCUT2D eigenvalue weighted by Crippen LogP contribution is 2.23. The minimum atomic E-state index is 0.00975. The lowest BCUT2D eigenvalue weighted by atomic mass is 9.99. The zero-order valence-electron chi connectivity index (χ0n) is 14.4. The highest BCUT2D eigenvalue weighted by atomic mass is 16.2. The molecule has 1 aliphatic rings. The largest absolute Gasteiger partial charge is 0.353 e. The molecule has 1 saturated heterocycles. The minimum Gasteiger partial charge on any atom is -0.353 e. The van der Waals surface area contributed by atoms with Gasteiger partial charge in [0.1, 0.15) is 11.8 Å². The molecule has 0 aliphatic carbocycles. The summed E-state index contributed by atoms with van der Waals surface area (Å²) >= 11 is 0. The molecule has 0 spiro atoms. The van der Waals surface area contributed by atoms with E-state index in [4.69, 9.17) is 5.26 Å². The number of rotatable bonds is 4. The van der Waals surface area contributed by atoms with Gasteiger partial charge in [-0.05, 0) is 49.9 Å². The summed E-state index contributed by atoms with van der Waals surface area (Å²) in [4.78, 5) is 19.0. The van der Waals surface area contributed by atoms with Crippen molar-refractivity contribution >= 4 is 17.3 Å². The van der Waals surface area contributed by atoms with Crippen molar-refractivity contribution in [2.75, 3.05) is 11.9 Å². The van der Waals surface area contributed by atoms with Crippen LogP contribution in [0.3, 0.4) is 0 Å². The van der Waals surface area contributed by atoms with Gasteiger partial charge in [-0.3, -0.25) is 4.79 Å². The summed E-state index contributed by atoms with van der Waals surface area (Å²) < 4.78 is 0. The molecule has 2 aromatic rings. The zero-order chi connectivity index (χ0) is 17.6. The second-order valence-electron chi connectivity index (χ2n) is 6.27. The molecule has 5 nitrogen and oxygen atoms in total. The van der Waals surface area contributed by atoms with E-state index in [1.54, 1.807) is 18.3 Å². The fraction of sp³-hybridized carbons (Fsp3) is 0.350. The number of nitrogens with zero attached hydrogens (tertiary/aromatic N) is 3. The highest BCUT2D eigenvalue weighted by molar-refractivity contribution is 5.92. The standard InChI is InChI=1S/C20H22N4O/c1-2-17-8-5-6-12-24(17)20(25)19-11-10-16(14-22-19)23-18-9-4-3-7-15(18)13-21/h3-4,7,9-11,14,17,23H,2,5-6,8,12H2,1H3. The number of carbonyl (C=O) groups excluding carboxylic acids is 1. The molecule has 0 radical (unpaired) electrons. The van der Waals surface area contributed by atoms with E-state index in [0.717, 1.165) is 37.2 Å². The van der Waals surface area contributed by atoms with Gasteiger partial charge in [0, 0.05) is 12.6 Å². The molecule has 0 saturated carbocycles. The summed E-state index contributed by atoms with van der Waals surface area (Å²) in [5, 5.41) is 12.3. The van der Waals surface area contributed by atoms with Crippen molar-refractivity contribution in [2.24, 2.45) is 0 Å². The lowest BCUT2D eigenvalue weighted by molar-refractivity contribution is 0.0602. The Kier molecular flexibility index (Phi) is 5.30. The quantitative estimate of drug-likeness (QED) is 0.914. The first-order valence-electron chi connectivity index (χ1n) is 8.76. The summed E-state index contributed by atoms with van der Waals surface area (Å²) in [6.45, 7) is 2.94. The van der Waals surface area contributed by atoms with E-state index >= 15 is 0 Å². The lowest BCUT2D eigenvalue weighted by Crippen LogP contribution is -2.43. The number of amides is 1. The van der Waals surface area contributed by atoms with Crippen molar-refractivity contribution < 1.29 is 4.79 Å². The minimum absolute atomic E-state index is 0.00975. The predicted molar refractivity (Wildman–Crippen MR) is 97.6 cm³/mol. The Morgan fingerprint density at radius 3 is 2.88 bits per heavy atom. The number of anilines is 2. The van der Waals surface area contributed by atoms with Crippen LogP contribution in [-0.2, 0) is 0 Å². The van der Waals surface area contributed by atoms with Crippen molar-refractivity contribution in [3.8, 4) is 6.07 Å². The van der Waals surface area contributed by atoms with E-state index in [2.05, 4.69) is 23.3 Å². The molecule has 0 bridgehead atoms. The number of piperidine rings is 1. The average molecular weight is 334 g/mol. The number of aromatic nitrogens is 1. The summed E-state index contributed by atoms with van der Waals surface area (Å²) in [5.74, 6) is 0.00975. The first-order valence-corrected chi connectivity index (χ1v) is 8.76. The molecule has 5 heteroatoms. The summed E-state index contributed by atoms with van der Waals surface area (Å²) in [7, 11) is 0. The van der Waals surface area contributed by atoms with Crippen LogP contribution < -0.4 is 5.32 Å². The van der Waals surface area contributed by atoms with E-state index in [-0.39, 0.29) is 5.91 Å². The van der Waals surface area contributed by atoms with Gasteiger partial charge in [-0.2, -0.15) is 5.26 Å². The molecule has 3 rings (SSSR count). The third-order valence-corrected chi connectivity index (χ3v) is 4.67. The number of para-hydroxylation sites is 1. The van der Waals surface area contributed by atoms with Gasteiger partial charge in [0.25, 0.3) is 5.91 Å². The van der Waals surface area contributed by atoms with Crippen molar-refractivity contribution in [1.82, 2.24) is 9.88 Å². The molecule has 2 heterocycles. The van der Waals surface area contributed by atoms with Crippen LogP contribution in [0.4, 0.5) is 11.4 Å². The van der Waals surface area contributed by atoms with Crippen LogP contribution in [0.1, 0.15) is 48.7 Å². The first-order chi connectivity index (χ1) is 12.2. The predicted octanol–water partition coefficient (Wildman–Crippen LogP) is 4.10. The molecular formula is C20H22N4O. The first kappa shape index (κ1) is 17.0. The van der Waals surface area contributed by atoms with Gasteiger partial charge >= 0.3 is 0 Å². The van der Waals surface area contributed by atoms with E-state index < -0.39 is 0 Å². The average Bonchev–Trinajstić information content (AvgIpc) is 2.68. The molecule has 25 heavy (non-hydrogen) atoms. The number of benzene rings is 1. The van der Waals surface area contributed by atoms with Crippen molar-refractivity contribution in [3.05, 3.63) is 53.9 Å². The van der Waals surface area contributed by atoms with Gasteiger partial charge in [0.15, 0.2) is 0 Å². The van der Waals surface area contributed by atoms with E-state index in [1.165, 1.54) is 6.42 Å². The maximum absolute atomic E-state index is 12.7. The van der Waals surface area contributed by atoms with Crippen molar-refractivity contribution in [3.63, 3.8) is 0 Å². The Labute approximate surface area is 148 Å². The summed E-state index contributed by atoms with van der Waals surface area (Å²) in [6, 6.07) is 13.4. The SMILES string of the molecule is CCC1CCCCN1C(=O)c1ccc(Nc2ccccc2C#N)cn1. The number of pyridine rings is 1. The van der Waals surface area contributed by atoms with Gasteiger partial charge in [-0.15, -0.1) is 0 Å². The van der Waals surface area contributed by atoms with Gasteiger partial charge in [0.2, 0.25) is 0 Å². The molecule has 1 aromatic carbocycles. The van der Waals surface area contributed by atoms with Crippen LogP contribution in [0.25, 0.3) is 0 Å². The van der Waals surface area contributed by atoms with Crippen LogP contribution in [0.5, 0.6) is 0 Å². The second-order valence-corrected chi connectivity index (χ2v) is 6.27. The lowest BCUT2D eigenvalue weighted by Gasteiger charge is -2.35. The number of hydrogen-bond acceptors (Lipinski definition) is 4. The highest BCUT2D eigenvalue weighted by Gasteiger charge is 2.26. The Morgan fingerprint density at radius 1 is 1.32 bits per heavy atom. The normalized spacial score (nSPS) is 17.0. The topological polar surface area (TPSA) is 69.0 Å². The van der Waals surface area contributed by atoms with E-state index in [0.29, 0.717) is 17.3 Å². The van der Waals surface area contributed by atoms with Crippen LogP contribution in [0.15, 0.2) is 42.6 Å². The van der Waals surface area contributed by atoms with Crippen molar-refractivity contribution in [1.29, 1.82) is 5.26 Å². The molecule has 1 atom stereocenters. The number of nitrogens with one attached hydrogen (secondary N) is 1. The van der Waals surface area contributed by atoms with Gasteiger partial charge in [-0.1, -0.05) is 19.1 Å². The van der Waals surface area contributed by atoms with Crippen LogP contribution in [0, 0.1) is 11.3 Å². The summed E-state index contributed by atoms with van der Waals surface area (Å²) in [5.41, 5.74) is 2.53. The number of likely N-dealkylation sites (tertiary alicyclic amines) is 1. The summed E-state index contributed by atoms with van der Waals surface area (Å²) in [6.07, 6.45) is 5.96. The smallest absolute Gasteiger partial charge is 0.272 e. The van der Waals surface area contributed by atoms with Crippen LogP contribution >= 0.6 is 0 Å². The van der Waals surface area contributed by atoms with Gasteiger partial charge < -0.3 is 10.2 Å². The fourth-order valence-corrected chi connectivity index (χ4v) is 3.28. The fourth-order valence-electron chi connectivity index (χ4n) is 3.28. The molecule has 128 valence electrons. The van der Waals surface area contributed by atoms with E-state index in [9.17, 15) is 4.79 Å². The number of hydrogen-bond donors (Lipinski definition) is 1. The maximum Gasteiger partial charge on any atom is 0.272 e. The molecular weight excluding hydrogens is 312 g/mol. The number of carbonyl (C=O) groups is 1. The molecule has 1 fully saturated rings. The second kappa shape index (κ2) is 7.80. The number of nitriles is 1. The van der Waals surface area contributed by atoms with Crippen LogP contribution in [0.2, 0.25) is 0 Å². The molecule has 1 unspecified atom stereocenters. The molecule has 1 aliphatic heterocycles. The Morgan fingerprint density at radius 2 is 2.16 bits per heavy atom. The third-order valence-electron chi connectivity index (χ3n) is 4.67. The molecule has 1 N–H and O–H groups in total. The Balaban J connectivity index is 1.74. The Bertz CT molecular complexity index is 779. The van der Waals surface area contributed by atoms with Gasteiger partial charge in [-0.25, -0.2) is 4.98 Å². The Hall–Kier alpha value is -2.87. The van der Waals surface area contributed by atoms with Gasteiger partial charge in [0.05, 0.1) is 23.1 Å². The zero-order valence-corrected chi connectivity index (χ0v) is 14.4. The monoisotopic (exact) mass is 334 g/mol. The van der Waals surface area contributed by atoms with E-state index in [1.807, 2.05) is 29.2 Å².